The van der Waals surface area contributed by atoms with E-state index in [1.165, 1.54) is 0 Å². The molecule has 1 aromatic rings. The quantitative estimate of drug-likeness (QED) is 0.582. The number of amides is 2. The highest BCUT2D eigenvalue weighted by Gasteiger charge is 2.16. The largest absolute Gasteiger partial charge is 0.382 e. The first-order valence-electron chi connectivity index (χ1n) is 6.36. The lowest BCUT2D eigenvalue weighted by Gasteiger charge is -2.22. The molecule has 1 aromatic carbocycles. The number of hydrogen-bond donors (Lipinski definition) is 4. The highest BCUT2D eigenvalue weighted by Crippen LogP contribution is 2.28. The van der Waals surface area contributed by atoms with Crippen molar-refractivity contribution < 1.29 is 9.59 Å². The van der Waals surface area contributed by atoms with E-state index in [2.05, 4.69) is 16.0 Å². The summed E-state index contributed by atoms with van der Waals surface area (Å²) in [5.41, 5.74) is 7.43. The molecule has 5 N–H and O–H groups in total. The van der Waals surface area contributed by atoms with Gasteiger partial charge in [-0.15, -0.1) is 0 Å². The molecule has 19 heavy (non-hydrogen) atoms. The molecule has 2 rings (SSSR count). The van der Waals surface area contributed by atoms with Crippen molar-refractivity contribution in [3.63, 3.8) is 0 Å². The molecule has 102 valence electrons. The number of anilines is 2. The Bertz CT molecular complexity index is 488. The summed E-state index contributed by atoms with van der Waals surface area (Å²) in [5.74, 6) is -0.491. The Hall–Kier alpha value is -2.24. The van der Waals surface area contributed by atoms with Crippen LogP contribution in [0.25, 0.3) is 0 Å². The van der Waals surface area contributed by atoms with Crippen LogP contribution < -0.4 is 21.7 Å². The fraction of sp³-hybridized carbons (Fsp3) is 0.385. The second-order valence-corrected chi connectivity index (χ2v) is 4.41. The van der Waals surface area contributed by atoms with Gasteiger partial charge in [0.1, 0.15) is 0 Å². The number of hydrogen-bond acceptors (Lipinski definition) is 4. The molecule has 0 fully saturated rings. The summed E-state index contributed by atoms with van der Waals surface area (Å²) in [6.45, 7) is 2.08. The molecule has 0 saturated carbocycles. The highest BCUT2D eigenvalue weighted by molar-refractivity contribution is 6.02. The Balaban J connectivity index is 1.97. The summed E-state index contributed by atoms with van der Waals surface area (Å²) in [7, 11) is 0. The van der Waals surface area contributed by atoms with Crippen LogP contribution >= 0.6 is 0 Å². The molecule has 6 heteroatoms. The maximum Gasteiger partial charge on any atom is 0.253 e. The number of nitrogens with two attached hydrogens (primary N) is 1. The number of carbonyl (C=O) groups is 2. The summed E-state index contributed by atoms with van der Waals surface area (Å²) in [6.07, 6.45) is 0.842. The predicted molar refractivity (Wildman–Crippen MR) is 74.2 cm³/mol. The maximum atomic E-state index is 12.1. The Morgan fingerprint density at radius 3 is 2.84 bits per heavy atom. The van der Waals surface area contributed by atoms with Crippen molar-refractivity contribution in [2.24, 2.45) is 5.73 Å². The van der Waals surface area contributed by atoms with Crippen molar-refractivity contribution in [1.29, 1.82) is 0 Å². The van der Waals surface area contributed by atoms with Crippen LogP contribution in [0.3, 0.4) is 0 Å². The lowest BCUT2D eigenvalue weighted by Crippen LogP contribution is -2.28. The first-order chi connectivity index (χ1) is 9.18. The Kier molecular flexibility index (Phi) is 4.22. The van der Waals surface area contributed by atoms with Crippen LogP contribution in [-0.4, -0.2) is 31.4 Å². The number of carbonyl (C=O) groups excluding carboxylic acids is 2. The van der Waals surface area contributed by atoms with Crippen LogP contribution in [0.4, 0.5) is 11.4 Å². The van der Waals surface area contributed by atoms with Gasteiger partial charge in [-0.05, 0) is 18.6 Å². The molecule has 0 radical (unpaired) electrons. The van der Waals surface area contributed by atoms with Crippen molar-refractivity contribution >= 4 is 23.2 Å². The Labute approximate surface area is 111 Å². The van der Waals surface area contributed by atoms with E-state index in [9.17, 15) is 9.59 Å². The predicted octanol–water partition coefficient (Wildman–Crippen LogP) is 0.519. The third kappa shape index (κ3) is 3.37. The number of nitrogens with one attached hydrogen (secondary N) is 3. The van der Waals surface area contributed by atoms with E-state index in [0.29, 0.717) is 18.5 Å². The standard InChI is InChI=1S/C13H18N4O2/c14-11(18)5-2-6-17-13(19)9-3-1-4-10-12(9)16-8-7-15-10/h1,3-4,15-16H,2,5-8H2,(H2,14,18)(H,17,19). The first-order valence-corrected chi connectivity index (χ1v) is 6.36. The molecule has 0 unspecified atom stereocenters. The summed E-state index contributed by atoms with van der Waals surface area (Å²) in [6, 6.07) is 5.56. The van der Waals surface area contributed by atoms with Gasteiger partial charge in [-0.3, -0.25) is 9.59 Å². The van der Waals surface area contributed by atoms with Crippen molar-refractivity contribution in [2.75, 3.05) is 30.3 Å². The fourth-order valence-corrected chi connectivity index (χ4v) is 2.02. The fourth-order valence-electron chi connectivity index (χ4n) is 2.02. The van der Waals surface area contributed by atoms with Gasteiger partial charge in [-0.1, -0.05) is 6.07 Å². The van der Waals surface area contributed by atoms with E-state index in [-0.39, 0.29) is 18.2 Å². The van der Waals surface area contributed by atoms with E-state index in [1.807, 2.05) is 12.1 Å². The molecule has 0 bridgehead atoms. The van der Waals surface area contributed by atoms with Crippen LogP contribution in [0.5, 0.6) is 0 Å². The number of rotatable bonds is 5. The van der Waals surface area contributed by atoms with Crippen LogP contribution in [-0.2, 0) is 4.79 Å². The smallest absolute Gasteiger partial charge is 0.253 e. The SMILES string of the molecule is NC(=O)CCCNC(=O)c1cccc2c1NCCN2. The molecule has 0 aliphatic carbocycles. The van der Waals surface area contributed by atoms with Crippen LogP contribution in [0.15, 0.2) is 18.2 Å². The topological polar surface area (TPSA) is 96.2 Å². The molecule has 0 atom stereocenters. The molecule has 2 amide bonds. The van der Waals surface area contributed by atoms with Gasteiger partial charge in [0.05, 0.1) is 16.9 Å². The average molecular weight is 262 g/mol. The van der Waals surface area contributed by atoms with Crippen LogP contribution in [0.2, 0.25) is 0 Å². The molecule has 0 aromatic heterocycles. The number of benzene rings is 1. The second-order valence-electron chi connectivity index (χ2n) is 4.41. The van der Waals surface area contributed by atoms with E-state index in [1.54, 1.807) is 6.07 Å². The van der Waals surface area contributed by atoms with E-state index in [4.69, 9.17) is 5.73 Å². The minimum absolute atomic E-state index is 0.141. The van der Waals surface area contributed by atoms with Crippen molar-refractivity contribution in [3.8, 4) is 0 Å². The molecule has 0 spiro atoms. The summed E-state index contributed by atoms with van der Waals surface area (Å²) in [5, 5.41) is 9.25. The van der Waals surface area contributed by atoms with Crippen molar-refractivity contribution in [3.05, 3.63) is 23.8 Å². The third-order valence-corrected chi connectivity index (χ3v) is 2.94. The minimum atomic E-state index is -0.350. The number of fused-ring (bicyclic) bond motifs is 1. The van der Waals surface area contributed by atoms with Crippen LogP contribution in [0.1, 0.15) is 23.2 Å². The summed E-state index contributed by atoms with van der Waals surface area (Å²) >= 11 is 0. The van der Waals surface area contributed by atoms with Gasteiger partial charge in [0.2, 0.25) is 5.91 Å². The first kappa shape index (κ1) is 13.2. The molecule has 1 aliphatic heterocycles. The Morgan fingerprint density at radius 2 is 2.05 bits per heavy atom. The van der Waals surface area contributed by atoms with Gasteiger partial charge in [0.15, 0.2) is 0 Å². The summed E-state index contributed by atoms with van der Waals surface area (Å²) < 4.78 is 0. The second kappa shape index (κ2) is 6.08. The van der Waals surface area contributed by atoms with Crippen molar-refractivity contribution in [1.82, 2.24) is 5.32 Å². The lowest BCUT2D eigenvalue weighted by molar-refractivity contribution is -0.118. The van der Waals surface area contributed by atoms with Gasteiger partial charge in [-0.2, -0.15) is 0 Å². The average Bonchev–Trinajstić information content (AvgIpc) is 2.42. The maximum absolute atomic E-state index is 12.1. The van der Waals surface area contributed by atoms with E-state index >= 15 is 0 Å². The minimum Gasteiger partial charge on any atom is -0.382 e. The van der Waals surface area contributed by atoms with Gasteiger partial charge < -0.3 is 21.7 Å². The zero-order valence-electron chi connectivity index (χ0n) is 10.7. The molecule has 1 aliphatic rings. The van der Waals surface area contributed by atoms with Crippen molar-refractivity contribution in [2.45, 2.75) is 12.8 Å². The highest BCUT2D eigenvalue weighted by atomic mass is 16.2. The van der Waals surface area contributed by atoms with Crippen LogP contribution in [0, 0.1) is 0 Å². The molecular formula is C13H18N4O2. The van der Waals surface area contributed by atoms with E-state index < -0.39 is 0 Å². The monoisotopic (exact) mass is 262 g/mol. The zero-order valence-corrected chi connectivity index (χ0v) is 10.7. The zero-order chi connectivity index (χ0) is 13.7. The van der Waals surface area contributed by atoms with Gasteiger partial charge in [-0.25, -0.2) is 0 Å². The molecule has 0 saturated heterocycles. The van der Waals surface area contributed by atoms with Gasteiger partial charge >= 0.3 is 0 Å². The van der Waals surface area contributed by atoms with E-state index in [0.717, 1.165) is 24.5 Å². The molecule has 1 heterocycles. The lowest BCUT2D eigenvalue weighted by atomic mass is 10.1. The van der Waals surface area contributed by atoms with Gasteiger partial charge in [0.25, 0.3) is 5.91 Å². The molecule has 6 nitrogen and oxygen atoms in total. The number of primary amides is 1. The third-order valence-electron chi connectivity index (χ3n) is 2.94. The Morgan fingerprint density at radius 1 is 1.26 bits per heavy atom. The number of para-hydroxylation sites is 1. The summed E-state index contributed by atoms with van der Waals surface area (Å²) in [4.78, 5) is 22.7. The normalized spacial score (nSPS) is 12.8. The van der Waals surface area contributed by atoms with Gasteiger partial charge in [0, 0.05) is 26.1 Å². The molecular weight excluding hydrogens is 244 g/mol.